The van der Waals surface area contributed by atoms with Gasteiger partial charge in [0.25, 0.3) is 0 Å². The zero-order chi connectivity index (χ0) is 7.11. The molecule has 0 aliphatic rings. The predicted molar refractivity (Wildman–Crippen MR) is 38.6 cm³/mol. The summed E-state index contributed by atoms with van der Waals surface area (Å²) in [5.41, 5.74) is 0. The second-order valence-electron chi connectivity index (χ2n) is 1.84. The van der Waals surface area contributed by atoms with Crippen molar-refractivity contribution in [1.29, 1.82) is 0 Å². The van der Waals surface area contributed by atoms with Gasteiger partial charge in [0.05, 0.1) is 0 Å². The van der Waals surface area contributed by atoms with E-state index in [2.05, 4.69) is 6.92 Å². The molecule has 0 aromatic heterocycles. The Morgan fingerprint density at radius 3 is 2.78 bits per heavy atom. The molecule has 0 saturated carbocycles. The SMILES string of the molecule is CCCC[AsH]OC(C)=O. The molecular formula is C6H13AsO2. The molecule has 0 radical (unpaired) electrons. The summed E-state index contributed by atoms with van der Waals surface area (Å²) in [5, 5.41) is 1.12. The topological polar surface area (TPSA) is 26.3 Å². The summed E-state index contributed by atoms with van der Waals surface area (Å²) in [7, 11) is 0. The number of carbonyl (C=O) groups is 1. The Morgan fingerprint density at radius 1 is 1.67 bits per heavy atom. The van der Waals surface area contributed by atoms with Crippen molar-refractivity contribution in [2.24, 2.45) is 0 Å². The van der Waals surface area contributed by atoms with E-state index in [1.54, 1.807) is 0 Å². The quantitative estimate of drug-likeness (QED) is 0.492. The third-order valence-electron chi connectivity index (χ3n) is 0.848. The molecule has 0 saturated heterocycles. The van der Waals surface area contributed by atoms with Crippen molar-refractivity contribution in [3.05, 3.63) is 0 Å². The fourth-order valence-corrected chi connectivity index (χ4v) is 2.09. The minimum atomic E-state index is -0.388. The molecule has 0 heterocycles. The Morgan fingerprint density at radius 2 is 2.33 bits per heavy atom. The van der Waals surface area contributed by atoms with E-state index in [0.29, 0.717) is 0 Å². The molecule has 0 spiro atoms. The van der Waals surface area contributed by atoms with Gasteiger partial charge in [-0.3, -0.25) is 0 Å². The van der Waals surface area contributed by atoms with Gasteiger partial charge in [0.2, 0.25) is 0 Å². The molecular weight excluding hydrogens is 179 g/mol. The van der Waals surface area contributed by atoms with Crippen LogP contribution in [-0.2, 0) is 8.52 Å². The molecule has 3 heteroatoms. The molecule has 0 aliphatic heterocycles. The molecule has 0 aromatic carbocycles. The summed E-state index contributed by atoms with van der Waals surface area (Å²) >= 11 is -0.388. The number of carbonyl (C=O) groups excluding carboxylic acids is 1. The van der Waals surface area contributed by atoms with Crippen LogP contribution in [0.1, 0.15) is 26.7 Å². The summed E-state index contributed by atoms with van der Waals surface area (Å²) in [6, 6.07) is 0. The molecule has 1 atom stereocenters. The van der Waals surface area contributed by atoms with Gasteiger partial charge in [-0.2, -0.15) is 0 Å². The molecule has 0 rings (SSSR count). The Bertz CT molecular complexity index is 83.1. The first-order valence-electron chi connectivity index (χ1n) is 3.17. The van der Waals surface area contributed by atoms with E-state index < -0.39 is 0 Å². The van der Waals surface area contributed by atoms with E-state index in [0.717, 1.165) is 5.21 Å². The van der Waals surface area contributed by atoms with Gasteiger partial charge in [0.15, 0.2) is 0 Å². The van der Waals surface area contributed by atoms with Gasteiger partial charge in [0, 0.05) is 0 Å². The van der Waals surface area contributed by atoms with Gasteiger partial charge in [0.1, 0.15) is 0 Å². The van der Waals surface area contributed by atoms with Crippen LogP contribution in [0.3, 0.4) is 0 Å². The molecule has 0 aromatic rings. The maximum atomic E-state index is 10.2. The van der Waals surface area contributed by atoms with Gasteiger partial charge in [-0.25, -0.2) is 0 Å². The van der Waals surface area contributed by atoms with Gasteiger partial charge in [-0.05, 0) is 0 Å². The van der Waals surface area contributed by atoms with E-state index in [-0.39, 0.29) is 22.1 Å². The Hall–Kier alpha value is 0.0284. The molecule has 0 aliphatic carbocycles. The van der Waals surface area contributed by atoms with Gasteiger partial charge < -0.3 is 0 Å². The molecule has 1 unspecified atom stereocenters. The summed E-state index contributed by atoms with van der Waals surface area (Å²) in [5.74, 6) is -0.119. The molecule has 2 nitrogen and oxygen atoms in total. The van der Waals surface area contributed by atoms with Crippen molar-refractivity contribution >= 4 is 22.1 Å². The second-order valence-corrected chi connectivity index (χ2v) is 3.92. The van der Waals surface area contributed by atoms with Crippen LogP contribution in [0.15, 0.2) is 0 Å². The summed E-state index contributed by atoms with van der Waals surface area (Å²) in [6.45, 7) is 3.61. The average Bonchev–Trinajstić information content (AvgIpc) is 1.80. The standard InChI is InChI=1S/C6H13AsO2/c1-3-4-5-7-9-6(2)8/h7H,3-5H2,1-2H3. The van der Waals surface area contributed by atoms with Crippen molar-refractivity contribution < 1.29 is 8.52 Å². The molecule has 0 N–H and O–H groups in total. The summed E-state index contributed by atoms with van der Waals surface area (Å²) in [6.07, 6.45) is 2.40. The second kappa shape index (κ2) is 6.15. The van der Waals surface area contributed by atoms with E-state index in [4.69, 9.17) is 3.73 Å². The Kier molecular flexibility index (Phi) is 6.17. The predicted octanol–water partition coefficient (Wildman–Crippen LogP) is 1.12. The van der Waals surface area contributed by atoms with Gasteiger partial charge in [-0.15, -0.1) is 0 Å². The van der Waals surface area contributed by atoms with Gasteiger partial charge >= 0.3 is 62.5 Å². The summed E-state index contributed by atoms with van der Waals surface area (Å²) < 4.78 is 4.83. The fraction of sp³-hybridized carbons (Fsp3) is 0.833. The van der Waals surface area contributed by atoms with E-state index in [1.165, 1.54) is 19.8 Å². The van der Waals surface area contributed by atoms with Crippen LogP contribution < -0.4 is 0 Å². The zero-order valence-corrected chi connectivity index (χ0v) is 8.04. The number of unbranched alkanes of at least 4 members (excludes halogenated alkanes) is 1. The van der Waals surface area contributed by atoms with Crippen molar-refractivity contribution in [2.45, 2.75) is 31.9 Å². The van der Waals surface area contributed by atoms with Crippen LogP contribution in [0.4, 0.5) is 0 Å². The van der Waals surface area contributed by atoms with Crippen LogP contribution in [0, 0.1) is 0 Å². The Balaban J connectivity index is 2.83. The maximum absolute atomic E-state index is 10.2. The first-order valence-corrected chi connectivity index (χ1v) is 5.51. The number of hydrogen-bond acceptors (Lipinski definition) is 2. The molecule has 0 fully saturated rings. The number of hydrogen-bond donors (Lipinski definition) is 0. The first kappa shape index (κ1) is 9.03. The fourth-order valence-electron chi connectivity index (χ4n) is 0.402. The van der Waals surface area contributed by atoms with Crippen LogP contribution in [0.2, 0.25) is 5.21 Å². The van der Waals surface area contributed by atoms with Crippen LogP contribution in [0.25, 0.3) is 0 Å². The van der Waals surface area contributed by atoms with Crippen molar-refractivity contribution in [1.82, 2.24) is 0 Å². The third kappa shape index (κ3) is 8.03. The van der Waals surface area contributed by atoms with Crippen LogP contribution >= 0.6 is 0 Å². The number of rotatable bonds is 4. The molecule has 0 bridgehead atoms. The van der Waals surface area contributed by atoms with E-state index in [9.17, 15) is 4.79 Å². The third-order valence-corrected chi connectivity index (χ3v) is 2.92. The molecule has 9 heavy (non-hydrogen) atoms. The van der Waals surface area contributed by atoms with Crippen molar-refractivity contribution in [3.8, 4) is 0 Å². The van der Waals surface area contributed by atoms with Crippen molar-refractivity contribution in [2.75, 3.05) is 0 Å². The summed E-state index contributed by atoms with van der Waals surface area (Å²) in [4.78, 5) is 10.2. The van der Waals surface area contributed by atoms with Crippen LogP contribution in [-0.4, -0.2) is 22.1 Å². The first-order chi connectivity index (χ1) is 4.27. The van der Waals surface area contributed by atoms with Gasteiger partial charge in [-0.1, -0.05) is 0 Å². The molecule has 54 valence electrons. The monoisotopic (exact) mass is 192 g/mol. The Labute approximate surface area is 63.0 Å². The minimum absolute atomic E-state index is 0.119. The van der Waals surface area contributed by atoms with Crippen LogP contribution in [0.5, 0.6) is 0 Å². The molecule has 0 amide bonds. The van der Waals surface area contributed by atoms with E-state index >= 15 is 0 Å². The zero-order valence-electron chi connectivity index (χ0n) is 5.94. The average molecular weight is 192 g/mol. The van der Waals surface area contributed by atoms with Crippen molar-refractivity contribution in [3.63, 3.8) is 0 Å². The normalized spacial score (nSPS) is 10.4. The van der Waals surface area contributed by atoms with E-state index in [1.807, 2.05) is 0 Å².